The minimum absolute atomic E-state index is 0.149. The molecular weight excluding hydrogens is 353 g/mol. The first kappa shape index (κ1) is 19.4. The molecule has 2 aromatic rings. The van der Waals surface area contributed by atoms with Crippen molar-refractivity contribution < 1.29 is 22.9 Å². The number of alkyl halides is 3. The number of halogens is 3. The van der Waals surface area contributed by atoms with Crippen molar-refractivity contribution in [2.24, 2.45) is 0 Å². The molecule has 1 N–H and O–H groups in total. The van der Waals surface area contributed by atoms with Crippen molar-refractivity contribution in [3.63, 3.8) is 0 Å². The number of benzene rings is 1. The molecule has 0 saturated carbocycles. The van der Waals surface area contributed by atoms with Crippen molar-refractivity contribution >= 4 is 11.6 Å². The van der Waals surface area contributed by atoms with Gasteiger partial charge in [-0.2, -0.15) is 18.3 Å². The van der Waals surface area contributed by atoms with Gasteiger partial charge in [0.1, 0.15) is 0 Å². The summed E-state index contributed by atoms with van der Waals surface area (Å²) in [5.74, 6) is -0.485. The highest BCUT2D eigenvalue weighted by molar-refractivity contribution is 5.94. The molecule has 0 spiro atoms. The molecule has 1 aromatic carbocycles. The topological polar surface area (TPSA) is 90.1 Å². The highest BCUT2D eigenvalue weighted by Crippen LogP contribution is 2.28. The lowest BCUT2D eigenvalue weighted by molar-refractivity contribution is -0.385. The summed E-state index contributed by atoms with van der Waals surface area (Å²) in [6, 6.07) is 5.12. The maximum atomic E-state index is 12.6. The molecule has 7 nitrogen and oxygen atoms in total. The second-order valence-electron chi connectivity index (χ2n) is 5.76. The molecule has 1 heterocycles. The van der Waals surface area contributed by atoms with Gasteiger partial charge in [-0.05, 0) is 32.4 Å². The fourth-order valence-corrected chi connectivity index (χ4v) is 2.36. The zero-order valence-electron chi connectivity index (χ0n) is 14.1. The van der Waals surface area contributed by atoms with E-state index >= 15 is 0 Å². The summed E-state index contributed by atoms with van der Waals surface area (Å²) < 4.78 is 39.0. The number of nitrogens with one attached hydrogen (secondary N) is 1. The molecule has 0 aliphatic carbocycles. The molecule has 10 heteroatoms. The van der Waals surface area contributed by atoms with E-state index in [9.17, 15) is 28.1 Å². The van der Waals surface area contributed by atoms with Crippen LogP contribution in [0.15, 0.2) is 24.3 Å². The van der Waals surface area contributed by atoms with Crippen molar-refractivity contribution in [1.82, 2.24) is 15.1 Å². The van der Waals surface area contributed by atoms with Crippen molar-refractivity contribution in [3.8, 4) is 0 Å². The third-order valence-corrected chi connectivity index (χ3v) is 3.77. The van der Waals surface area contributed by atoms with Crippen LogP contribution in [0.4, 0.5) is 18.9 Å². The van der Waals surface area contributed by atoms with Crippen molar-refractivity contribution in [3.05, 3.63) is 56.9 Å². The van der Waals surface area contributed by atoms with Crippen LogP contribution in [0.5, 0.6) is 0 Å². The van der Waals surface area contributed by atoms with Gasteiger partial charge in [-0.25, -0.2) is 0 Å². The predicted octanol–water partition coefficient (Wildman–Crippen LogP) is 3.25. The first-order valence-electron chi connectivity index (χ1n) is 7.74. The molecule has 0 unspecified atom stereocenters. The number of carbonyl (C=O) groups is 1. The van der Waals surface area contributed by atoms with E-state index in [1.54, 1.807) is 6.92 Å². The largest absolute Gasteiger partial charge is 0.435 e. The standard InChI is InChI=1S/C16H17F3N4O3/c1-10-4-5-12(9-13(10)23(25)26)15(24)20-6-3-7-22-11(2)8-14(21-22)16(17,18)19/h4-5,8-9H,3,6-7H2,1-2H3,(H,20,24). The Bertz CT molecular complexity index is 831. The van der Waals surface area contributed by atoms with Gasteiger partial charge in [-0.15, -0.1) is 0 Å². The average molecular weight is 370 g/mol. The number of aryl methyl sites for hydroxylation is 3. The number of nitro benzene ring substituents is 1. The van der Waals surface area contributed by atoms with Crippen LogP contribution in [0, 0.1) is 24.0 Å². The molecule has 0 bridgehead atoms. The van der Waals surface area contributed by atoms with Crippen LogP contribution in [-0.2, 0) is 12.7 Å². The molecular formula is C16H17F3N4O3. The van der Waals surface area contributed by atoms with Gasteiger partial charge in [0.2, 0.25) is 0 Å². The molecule has 0 aliphatic rings. The lowest BCUT2D eigenvalue weighted by atomic mass is 10.1. The van der Waals surface area contributed by atoms with Crippen LogP contribution in [0.2, 0.25) is 0 Å². The molecule has 1 amide bonds. The zero-order valence-corrected chi connectivity index (χ0v) is 14.1. The minimum Gasteiger partial charge on any atom is -0.352 e. The van der Waals surface area contributed by atoms with E-state index in [1.165, 1.54) is 29.8 Å². The Labute approximate surface area is 147 Å². The molecule has 0 fully saturated rings. The highest BCUT2D eigenvalue weighted by Gasteiger charge is 2.34. The molecule has 0 radical (unpaired) electrons. The van der Waals surface area contributed by atoms with Gasteiger partial charge in [-0.1, -0.05) is 6.07 Å². The summed E-state index contributed by atoms with van der Waals surface area (Å²) in [6.45, 7) is 3.49. The highest BCUT2D eigenvalue weighted by atomic mass is 19.4. The van der Waals surface area contributed by atoms with Gasteiger partial charge in [0, 0.05) is 36.0 Å². The number of amides is 1. The molecule has 0 aliphatic heterocycles. The van der Waals surface area contributed by atoms with E-state index in [4.69, 9.17) is 0 Å². The van der Waals surface area contributed by atoms with Crippen LogP contribution in [-0.4, -0.2) is 27.2 Å². The summed E-state index contributed by atoms with van der Waals surface area (Å²) in [5.41, 5.74) is -0.133. The second kappa shape index (κ2) is 7.54. The number of aromatic nitrogens is 2. The third kappa shape index (κ3) is 4.58. The Morgan fingerprint density at radius 2 is 2.00 bits per heavy atom. The monoisotopic (exact) mass is 370 g/mol. The summed E-state index contributed by atoms with van der Waals surface area (Å²) in [7, 11) is 0. The van der Waals surface area contributed by atoms with Crippen LogP contribution >= 0.6 is 0 Å². The lowest BCUT2D eigenvalue weighted by Gasteiger charge is -2.07. The predicted molar refractivity (Wildman–Crippen MR) is 86.7 cm³/mol. The van der Waals surface area contributed by atoms with E-state index in [1.807, 2.05) is 0 Å². The molecule has 26 heavy (non-hydrogen) atoms. The summed E-state index contributed by atoms with van der Waals surface area (Å²) in [4.78, 5) is 22.4. The van der Waals surface area contributed by atoms with E-state index < -0.39 is 22.7 Å². The Kier molecular flexibility index (Phi) is 5.63. The number of hydrogen-bond acceptors (Lipinski definition) is 4. The molecule has 1 aromatic heterocycles. The van der Waals surface area contributed by atoms with Gasteiger partial charge < -0.3 is 5.32 Å². The average Bonchev–Trinajstić information content (AvgIpc) is 2.92. The number of nitrogens with zero attached hydrogens (tertiary/aromatic N) is 3. The molecule has 2 rings (SSSR count). The number of hydrogen-bond donors (Lipinski definition) is 1. The number of nitro groups is 1. The fraction of sp³-hybridized carbons (Fsp3) is 0.375. The first-order valence-corrected chi connectivity index (χ1v) is 7.74. The summed E-state index contributed by atoms with van der Waals surface area (Å²) >= 11 is 0. The molecule has 0 atom stereocenters. The van der Waals surface area contributed by atoms with E-state index in [2.05, 4.69) is 10.4 Å². The maximum absolute atomic E-state index is 12.6. The van der Waals surface area contributed by atoms with Gasteiger partial charge in [-0.3, -0.25) is 19.6 Å². The summed E-state index contributed by atoms with van der Waals surface area (Å²) in [5, 5.41) is 17.0. The van der Waals surface area contributed by atoms with Crippen molar-refractivity contribution in [2.45, 2.75) is 33.0 Å². The first-order chi connectivity index (χ1) is 12.1. The zero-order chi connectivity index (χ0) is 19.5. The normalized spacial score (nSPS) is 11.4. The van der Waals surface area contributed by atoms with E-state index in [0.717, 1.165) is 6.07 Å². The van der Waals surface area contributed by atoms with Crippen LogP contribution < -0.4 is 5.32 Å². The Morgan fingerprint density at radius 1 is 1.31 bits per heavy atom. The fourth-order valence-electron chi connectivity index (χ4n) is 2.36. The Morgan fingerprint density at radius 3 is 2.58 bits per heavy atom. The van der Waals surface area contributed by atoms with Crippen LogP contribution in [0.25, 0.3) is 0 Å². The number of rotatable bonds is 6. The Hall–Kier alpha value is -2.91. The van der Waals surface area contributed by atoms with Crippen molar-refractivity contribution in [1.29, 1.82) is 0 Å². The molecule has 140 valence electrons. The third-order valence-electron chi connectivity index (χ3n) is 3.77. The quantitative estimate of drug-likeness (QED) is 0.480. The minimum atomic E-state index is -4.50. The molecule has 0 saturated heterocycles. The number of carbonyl (C=O) groups excluding carboxylic acids is 1. The SMILES string of the molecule is Cc1ccc(C(=O)NCCCn2nc(C(F)(F)F)cc2C)cc1[N+](=O)[O-]. The van der Waals surface area contributed by atoms with Gasteiger partial charge in [0.05, 0.1) is 4.92 Å². The maximum Gasteiger partial charge on any atom is 0.435 e. The van der Waals surface area contributed by atoms with E-state index in [0.29, 0.717) is 17.7 Å². The van der Waals surface area contributed by atoms with Gasteiger partial charge in [0.25, 0.3) is 11.6 Å². The van der Waals surface area contributed by atoms with Crippen LogP contribution in [0.3, 0.4) is 0 Å². The van der Waals surface area contributed by atoms with Crippen molar-refractivity contribution in [2.75, 3.05) is 6.54 Å². The summed E-state index contributed by atoms with van der Waals surface area (Å²) in [6.07, 6.45) is -4.14. The Balaban J connectivity index is 1.91. The van der Waals surface area contributed by atoms with Gasteiger partial charge >= 0.3 is 6.18 Å². The van der Waals surface area contributed by atoms with Crippen LogP contribution in [0.1, 0.15) is 33.7 Å². The second-order valence-corrected chi connectivity index (χ2v) is 5.76. The lowest BCUT2D eigenvalue weighted by Crippen LogP contribution is -2.25. The van der Waals surface area contributed by atoms with Gasteiger partial charge in [0.15, 0.2) is 5.69 Å². The smallest absolute Gasteiger partial charge is 0.352 e. The van der Waals surface area contributed by atoms with E-state index in [-0.39, 0.29) is 24.3 Å².